The fourth-order valence-electron chi connectivity index (χ4n) is 4.36. The molecular weight excluding hydrogens is 232 g/mol. The Morgan fingerprint density at radius 3 is 2.53 bits per heavy atom. The predicted octanol–water partition coefficient (Wildman–Crippen LogP) is 3.67. The van der Waals surface area contributed by atoms with Gasteiger partial charge < -0.3 is 5.32 Å². The van der Waals surface area contributed by atoms with Gasteiger partial charge in [0.05, 0.1) is 0 Å². The minimum atomic E-state index is 0.374. The van der Waals surface area contributed by atoms with Gasteiger partial charge in [0.1, 0.15) is 0 Å². The van der Waals surface area contributed by atoms with Crippen molar-refractivity contribution in [1.82, 2.24) is 10.2 Å². The Morgan fingerprint density at radius 1 is 1.16 bits per heavy atom. The van der Waals surface area contributed by atoms with E-state index in [1.54, 1.807) is 0 Å². The second-order valence-corrected chi connectivity index (χ2v) is 7.20. The average molecular weight is 266 g/mol. The molecule has 2 rings (SSSR count). The Labute approximate surface area is 120 Å². The Morgan fingerprint density at radius 2 is 1.89 bits per heavy atom. The Balaban J connectivity index is 2.05. The van der Waals surface area contributed by atoms with E-state index in [1.165, 1.54) is 58.2 Å². The number of hydrogen-bond acceptors (Lipinski definition) is 2. The van der Waals surface area contributed by atoms with Crippen LogP contribution in [0.2, 0.25) is 0 Å². The third kappa shape index (κ3) is 3.52. The van der Waals surface area contributed by atoms with Gasteiger partial charge in [-0.25, -0.2) is 0 Å². The first kappa shape index (κ1) is 15.3. The van der Waals surface area contributed by atoms with Crippen LogP contribution in [0.25, 0.3) is 0 Å². The first-order chi connectivity index (χ1) is 9.10. The highest BCUT2D eigenvalue weighted by Crippen LogP contribution is 2.34. The van der Waals surface area contributed by atoms with E-state index >= 15 is 0 Å². The van der Waals surface area contributed by atoms with Crippen LogP contribution in [0.1, 0.15) is 66.2 Å². The summed E-state index contributed by atoms with van der Waals surface area (Å²) >= 11 is 0. The summed E-state index contributed by atoms with van der Waals surface area (Å²) in [6.45, 7) is 13.4. The molecule has 0 aromatic heterocycles. The zero-order valence-electron chi connectivity index (χ0n) is 13.5. The van der Waals surface area contributed by atoms with Crippen molar-refractivity contribution in [3.63, 3.8) is 0 Å². The molecule has 0 radical (unpaired) electrons. The number of nitrogens with one attached hydrogen (secondary N) is 1. The molecule has 3 unspecified atom stereocenters. The lowest BCUT2D eigenvalue weighted by atomic mass is 9.78. The first-order valence-electron chi connectivity index (χ1n) is 8.59. The van der Waals surface area contributed by atoms with Gasteiger partial charge >= 0.3 is 0 Å². The van der Waals surface area contributed by atoms with Crippen molar-refractivity contribution in [2.45, 2.75) is 77.8 Å². The van der Waals surface area contributed by atoms with E-state index in [2.05, 4.69) is 37.9 Å². The van der Waals surface area contributed by atoms with Crippen LogP contribution in [0.5, 0.6) is 0 Å². The minimum absolute atomic E-state index is 0.374. The molecule has 3 atom stereocenters. The van der Waals surface area contributed by atoms with Crippen molar-refractivity contribution < 1.29 is 0 Å². The van der Waals surface area contributed by atoms with Gasteiger partial charge in [0, 0.05) is 18.1 Å². The summed E-state index contributed by atoms with van der Waals surface area (Å²) in [6, 6.07) is 0.841. The van der Waals surface area contributed by atoms with Crippen molar-refractivity contribution >= 4 is 0 Å². The Hall–Kier alpha value is -0.0800. The summed E-state index contributed by atoms with van der Waals surface area (Å²) in [4.78, 5) is 2.84. The standard InChI is InChI=1S/C17H34N2/c1-5-17(6-2)13-19(11-7-10-18-17)16-9-8-14(3)12-15(16)4/h14-16,18H,5-13H2,1-4H3. The highest BCUT2D eigenvalue weighted by atomic mass is 15.2. The van der Waals surface area contributed by atoms with E-state index in [9.17, 15) is 0 Å². The summed E-state index contributed by atoms with van der Waals surface area (Å²) in [5.74, 6) is 1.83. The molecular formula is C17H34N2. The molecule has 1 heterocycles. The lowest BCUT2D eigenvalue weighted by molar-refractivity contribution is 0.0731. The molecule has 0 amide bonds. The molecule has 1 aliphatic carbocycles. The van der Waals surface area contributed by atoms with E-state index in [0.29, 0.717) is 5.54 Å². The lowest BCUT2D eigenvalue weighted by Crippen LogP contribution is -2.54. The normalized spacial score (nSPS) is 36.9. The first-order valence-corrected chi connectivity index (χ1v) is 8.59. The minimum Gasteiger partial charge on any atom is -0.310 e. The van der Waals surface area contributed by atoms with Gasteiger partial charge in [-0.15, -0.1) is 0 Å². The fourth-order valence-corrected chi connectivity index (χ4v) is 4.36. The summed E-state index contributed by atoms with van der Waals surface area (Å²) in [6.07, 6.45) is 8.13. The van der Waals surface area contributed by atoms with Crippen LogP contribution in [-0.4, -0.2) is 36.1 Å². The Kier molecular flexibility index (Phi) is 5.30. The molecule has 2 heteroatoms. The topological polar surface area (TPSA) is 15.3 Å². The van der Waals surface area contributed by atoms with Crippen LogP contribution in [0, 0.1) is 11.8 Å². The zero-order valence-corrected chi connectivity index (χ0v) is 13.5. The van der Waals surface area contributed by atoms with Gasteiger partial charge in [0.15, 0.2) is 0 Å². The summed E-state index contributed by atoms with van der Waals surface area (Å²) in [5, 5.41) is 3.85. The van der Waals surface area contributed by atoms with Crippen LogP contribution >= 0.6 is 0 Å². The summed E-state index contributed by atoms with van der Waals surface area (Å²) in [7, 11) is 0. The molecule has 112 valence electrons. The van der Waals surface area contributed by atoms with Crippen LogP contribution in [0.3, 0.4) is 0 Å². The number of rotatable bonds is 3. The second-order valence-electron chi connectivity index (χ2n) is 7.20. The maximum Gasteiger partial charge on any atom is 0.0303 e. The summed E-state index contributed by atoms with van der Waals surface area (Å²) in [5.41, 5.74) is 0.374. The molecule has 1 saturated heterocycles. The number of hydrogen-bond donors (Lipinski definition) is 1. The van der Waals surface area contributed by atoms with Gasteiger partial charge in [-0.2, -0.15) is 0 Å². The van der Waals surface area contributed by atoms with Crippen molar-refractivity contribution in [1.29, 1.82) is 0 Å². The fraction of sp³-hybridized carbons (Fsp3) is 1.00. The average Bonchev–Trinajstić information content (AvgIpc) is 2.62. The largest absolute Gasteiger partial charge is 0.310 e. The maximum absolute atomic E-state index is 3.85. The van der Waals surface area contributed by atoms with E-state index in [4.69, 9.17) is 0 Å². The molecule has 0 aromatic carbocycles. The highest BCUT2D eigenvalue weighted by Gasteiger charge is 2.36. The summed E-state index contributed by atoms with van der Waals surface area (Å²) < 4.78 is 0. The highest BCUT2D eigenvalue weighted by molar-refractivity contribution is 4.94. The van der Waals surface area contributed by atoms with Crippen LogP contribution in [-0.2, 0) is 0 Å². The van der Waals surface area contributed by atoms with E-state index in [0.717, 1.165) is 17.9 Å². The molecule has 0 aromatic rings. The predicted molar refractivity (Wildman–Crippen MR) is 83.5 cm³/mol. The van der Waals surface area contributed by atoms with Crippen molar-refractivity contribution in [3.8, 4) is 0 Å². The molecule has 2 fully saturated rings. The van der Waals surface area contributed by atoms with Crippen LogP contribution < -0.4 is 5.32 Å². The van der Waals surface area contributed by atoms with Crippen molar-refractivity contribution in [2.75, 3.05) is 19.6 Å². The molecule has 1 N–H and O–H groups in total. The number of nitrogens with zero attached hydrogens (tertiary/aromatic N) is 1. The molecule has 19 heavy (non-hydrogen) atoms. The Bertz CT molecular complexity index is 272. The lowest BCUT2D eigenvalue weighted by Gasteiger charge is -2.44. The monoisotopic (exact) mass is 266 g/mol. The quantitative estimate of drug-likeness (QED) is 0.838. The molecule has 0 spiro atoms. The smallest absolute Gasteiger partial charge is 0.0303 e. The van der Waals surface area contributed by atoms with Gasteiger partial charge in [-0.1, -0.05) is 27.7 Å². The van der Waals surface area contributed by atoms with Crippen molar-refractivity contribution in [3.05, 3.63) is 0 Å². The van der Waals surface area contributed by atoms with E-state index < -0.39 is 0 Å². The molecule has 2 aliphatic rings. The zero-order chi connectivity index (χ0) is 13.9. The third-order valence-electron chi connectivity index (χ3n) is 5.84. The van der Waals surface area contributed by atoms with Gasteiger partial charge in [-0.05, 0) is 63.5 Å². The maximum atomic E-state index is 3.85. The SMILES string of the molecule is CCC1(CC)CN(C2CCC(C)CC2C)CCCN1. The second kappa shape index (κ2) is 6.58. The van der Waals surface area contributed by atoms with Gasteiger partial charge in [0.2, 0.25) is 0 Å². The van der Waals surface area contributed by atoms with Crippen molar-refractivity contribution in [2.24, 2.45) is 11.8 Å². The van der Waals surface area contributed by atoms with Crippen LogP contribution in [0.4, 0.5) is 0 Å². The molecule has 2 nitrogen and oxygen atoms in total. The van der Waals surface area contributed by atoms with E-state index in [1.807, 2.05) is 0 Å². The molecule has 1 aliphatic heterocycles. The van der Waals surface area contributed by atoms with Gasteiger partial charge in [-0.3, -0.25) is 4.90 Å². The molecule has 0 bridgehead atoms. The van der Waals surface area contributed by atoms with Gasteiger partial charge in [0.25, 0.3) is 0 Å². The van der Waals surface area contributed by atoms with Crippen LogP contribution in [0.15, 0.2) is 0 Å². The van der Waals surface area contributed by atoms with E-state index in [-0.39, 0.29) is 0 Å². The molecule has 1 saturated carbocycles. The third-order valence-corrected chi connectivity index (χ3v) is 5.84.